The van der Waals surface area contributed by atoms with Crippen molar-refractivity contribution in [2.24, 2.45) is 5.92 Å². The predicted molar refractivity (Wildman–Crippen MR) is 52.7 cm³/mol. The minimum Gasteiger partial charge on any atom is -0.294 e. The Morgan fingerprint density at radius 3 is 2.92 bits per heavy atom. The van der Waals surface area contributed by atoms with E-state index in [1.54, 1.807) is 11.3 Å². The van der Waals surface area contributed by atoms with E-state index in [9.17, 15) is 4.79 Å². The summed E-state index contributed by atoms with van der Waals surface area (Å²) in [5.41, 5.74) is 0.876. The molecule has 1 unspecified atom stereocenters. The third-order valence-electron chi connectivity index (χ3n) is 1.97. The Balaban J connectivity index is 2.59. The highest BCUT2D eigenvalue weighted by Crippen LogP contribution is 2.15. The Morgan fingerprint density at radius 2 is 2.42 bits per heavy atom. The topological polar surface area (TPSA) is 17.1 Å². The Morgan fingerprint density at radius 1 is 1.67 bits per heavy atom. The van der Waals surface area contributed by atoms with Crippen molar-refractivity contribution in [2.75, 3.05) is 0 Å². The lowest BCUT2D eigenvalue weighted by Crippen LogP contribution is -2.09. The molecule has 2 heteroatoms. The molecule has 1 aromatic heterocycles. The molecule has 0 saturated heterocycles. The van der Waals surface area contributed by atoms with Crippen LogP contribution in [0.2, 0.25) is 0 Å². The van der Waals surface area contributed by atoms with Gasteiger partial charge in [0.25, 0.3) is 0 Å². The highest BCUT2D eigenvalue weighted by Gasteiger charge is 2.13. The van der Waals surface area contributed by atoms with Crippen LogP contribution in [-0.4, -0.2) is 5.78 Å². The average Bonchev–Trinajstić information content (AvgIpc) is 2.55. The number of carbonyl (C=O) groups is 1. The van der Waals surface area contributed by atoms with Crippen molar-refractivity contribution in [2.45, 2.75) is 26.7 Å². The van der Waals surface area contributed by atoms with Gasteiger partial charge in [-0.2, -0.15) is 11.3 Å². The number of carbonyl (C=O) groups excluding carboxylic acids is 1. The van der Waals surface area contributed by atoms with E-state index in [-0.39, 0.29) is 11.7 Å². The van der Waals surface area contributed by atoms with E-state index >= 15 is 0 Å². The number of hydrogen-bond acceptors (Lipinski definition) is 2. The van der Waals surface area contributed by atoms with Crippen LogP contribution in [0, 0.1) is 5.92 Å². The molecule has 0 fully saturated rings. The molecule has 12 heavy (non-hydrogen) atoms. The highest BCUT2D eigenvalue weighted by atomic mass is 32.1. The SMILES string of the molecule is CCCC(C)C(=O)c1ccsc1. The molecule has 0 aromatic carbocycles. The van der Waals surface area contributed by atoms with Crippen LogP contribution < -0.4 is 0 Å². The Hall–Kier alpha value is -0.630. The first-order valence-corrected chi connectivity index (χ1v) is 5.26. The average molecular weight is 182 g/mol. The third kappa shape index (κ3) is 2.18. The molecule has 0 N–H and O–H groups in total. The van der Waals surface area contributed by atoms with Crippen LogP contribution >= 0.6 is 11.3 Å². The Bertz CT molecular complexity index is 238. The molecule has 1 nitrogen and oxygen atoms in total. The van der Waals surface area contributed by atoms with Crippen LogP contribution in [0.1, 0.15) is 37.0 Å². The molecular weight excluding hydrogens is 168 g/mol. The van der Waals surface area contributed by atoms with E-state index in [1.165, 1.54) is 0 Å². The van der Waals surface area contributed by atoms with Gasteiger partial charge in [-0.05, 0) is 17.9 Å². The normalized spacial score (nSPS) is 12.8. The van der Waals surface area contributed by atoms with Crippen molar-refractivity contribution in [3.63, 3.8) is 0 Å². The van der Waals surface area contributed by atoms with E-state index in [0.29, 0.717) is 0 Å². The second kappa shape index (κ2) is 4.41. The van der Waals surface area contributed by atoms with Crippen LogP contribution in [0.3, 0.4) is 0 Å². The molecule has 66 valence electrons. The van der Waals surface area contributed by atoms with Gasteiger partial charge in [-0.25, -0.2) is 0 Å². The molecule has 1 rings (SSSR count). The third-order valence-corrected chi connectivity index (χ3v) is 2.66. The Kier molecular flexibility index (Phi) is 3.48. The molecule has 0 aliphatic rings. The van der Waals surface area contributed by atoms with E-state index in [4.69, 9.17) is 0 Å². The summed E-state index contributed by atoms with van der Waals surface area (Å²) in [6.07, 6.45) is 2.08. The van der Waals surface area contributed by atoms with Crippen molar-refractivity contribution in [1.29, 1.82) is 0 Å². The molecule has 1 aromatic rings. The standard InChI is InChI=1S/C10H14OS/c1-3-4-8(2)10(11)9-5-6-12-7-9/h5-8H,3-4H2,1-2H3. The van der Waals surface area contributed by atoms with Gasteiger partial charge in [-0.15, -0.1) is 0 Å². The lowest BCUT2D eigenvalue weighted by atomic mass is 9.97. The van der Waals surface area contributed by atoms with E-state index in [1.807, 2.05) is 23.8 Å². The summed E-state index contributed by atoms with van der Waals surface area (Å²) in [5.74, 6) is 0.475. The summed E-state index contributed by atoms with van der Waals surface area (Å²) in [4.78, 5) is 11.6. The summed E-state index contributed by atoms with van der Waals surface area (Å²) < 4.78 is 0. The fraction of sp³-hybridized carbons (Fsp3) is 0.500. The highest BCUT2D eigenvalue weighted by molar-refractivity contribution is 7.08. The molecular formula is C10H14OS. The van der Waals surface area contributed by atoms with E-state index in [0.717, 1.165) is 18.4 Å². The van der Waals surface area contributed by atoms with E-state index < -0.39 is 0 Å². The van der Waals surface area contributed by atoms with Crippen LogP contribution in [0.5, 0.6) is 0 Å². The molecule has 0 spiro atoms. The van der Waals surface area contributed by atoms with Gasteiger partial charge >= 0.3 is 0 Å². The largest absolute Gasteiger partial charge is 0.294 e. The first-order chi connectivity index (χ1) is 5.75. The lowest BCUT2D eigenvalue weighted by Gasteiger charge is -2.06. The zero-order valence-corrected chi connectivity index (χ0v) is 8.36. The van der Waals surface area contributed by atoms with Gasteiger partial charge in [0.1, 0.15) is 0 Å². The fourth-order valence-corrected chi connectivity index (χ4v) is 1.90. The number of Topliss-reactive ketones (excluding diaryl/α,β-unsaturated/α-hetero) is 1. The Labute approximate surface area is 77.4 Å². The summed E-state index contributed by atoms with van der Waals surface area (Å²) >= 11 is 1.58. The summed E-state index contributed by atoms with van der Waals surface area (Å²) in [6.45, 7) is 4.11. The van der Waals surface area contributed by atoms with Gasteiger partial charge in [-0.1, -0.05) is 20.3 Å². The zero-order chi connectivity index (χ0) is 8.97. The van der Waals surface area contributed by atoms with Crippen molar-refractivity contribution < 1.29 is 4.79 Å². The van der Waals surface area contributed by atoms with Gasteiger partial charge in [0.15, 0.2) is 5.78 Å². The molecule has 1 heterocycles. The van der Waals surface area contributed by atoms with Gasteiger partial charge in [0.05, 0.1) is 0 Å². The minimum atomic E-state index is 0.185. The molecule has 0 aliphatic heterocycles. The van der Waals surface area contributed by atoms with Crippen LogP contribution in [0.15, 0.2) is 16.8 Å². The second-order valence-electron chi connectivity index (χ2n) is 3.07. The van der Waals surface area contributed by atoms with Crippen molar-refractivity contribution in [1.82, 2.24) is 0 Å². The second-order valence-corrected chi connectivity index (χ2v) is 3.85. The number of thiophene rings is 1. The van der Waals surface area contributed by atoms with Crippen molar-refractivity contribution in [3.05, 3.63) is 22.4 Å². The molecule has 0 aliphatic carbocycles. The monoisotopic (exact) mass is 182 g/mol. The molecule has 0 bridgehead atoms. The van der Waals surface area contributed by atoms with Crippen molar-refractivity contribution >= 4 is 17.1 Å². The predicted octanol–water partition coefficient (Wildman–Crippen LogP) is 3.37. The van der Waals surface area contributed by atoms with Gasteiger partial charge in [0, 0.05) is 16.9 Å². The first kappa shape index (κ1) is 9.46. The van der Waals surface area contributed by atoms with Gasteiger partial charge < -0.3 is 0 Å². The zero-order valence-electron chi connectivity index (χ0n) is 7.54. The number of ketones is 1. The first-order valence-electron chi connectivity index (χ1n) is 4.32. The van der Waals surface area contributed by atoms with Crippen LogP contribution in [0.4, 0.5) is 0 Å². The smallest absolute Gasteiger partial charge is 0.166 e. The maximum Gasteiger partial charge on any atom is 0.166 e. The minimum absolute atomic E-state index is 0.185. The van der Waals surface area contributed by atoms with Gasteiger partial charge in [0.2, 0.25) is 0 Å². The van der Waals surface area contributed by atoms with Gasteiger partial charge in [-0.3, -0.25) is 4.79 Å². The van der Waals surface area contributed by atoms with Crippen molar-refractivity contribution in [3.8, 4) is 0 Å². The molecule has 0 saturated carbocycles. The molecule has 1 atom stereocenters. The van der Waals surface area contributed by atoms with E-state index in [2.05, 4.69) is 6.92 Å². The van der Waals surface area contributed by atoms with Crippen LogP contribution in [-0.2, 0) is 0 Å². The lowest BCUT2D eigenvalue weighted by molar-refractivity contribution is 0.0924. The molecule has 0 amide bonds. The summed E-state index contributed by atoms with van der Waals surface area (Å²) in [7, 11) is 0. The summed E-state index contributed by atoms with van der Waals surface area (Å²) in [6, 6.07) is 1.90. The fourth-order valence-electron chi connectivity index (χ4n) is 1.25. The summed E-state index contributed by atoms with van der Waals surface area (Å²) in [5, 5.41) is 3.88. The molecule has 0 radical (unpaired) electrons. The maximum absolute atomic E-state index is 11.6. The quantitative estimate of drug-likeness (QED) is 0.652. The number of rotatable bonds is 4. The van der Waals surface area contributed by atoms with Crippen LogP contribution in [0.25, 0.3) is 0 Å². The maximum atomic E-state index is 11.6. The number of hydrogen-bond donors (Lipinski definition) is 0.